The Morgan fingerprint density at radius 2 is 2.06 bits per heavy atom. The van der Waals surface area contributed by atoms with Crippen LogP contribution in [0.3, 0.4) is 0 Å². The molecule has 0 spiro atoms. The van der Waals surface area contributed by atoms with E-state index in [1.165, 1.54) is 12.8 Å². The first-order valence-electron chi connectivity index (χ1n) is 6.26. The molecule has 0 bridgehead atoms. The third-order valence-corrected chi connectivity index (χ3v) is 3.95. The summed E-state index contributed by atoms with van der Waals surface area (Å²) < 4.78 is 0. The molecule has 1 fully saturated rings. The molecule has 2 heterocycles. The predicted molar refractivity (Wildman–Crippen MR) is 71.8 cm³/mol. The molecule has 94 valence electrons. The second kappa shape index (κ2) is 4.45. The Morgan fingerprint density at radius 3 is 2.59 bits per heavy atom. The molecule has 0 unspecified atom stereocenters. The van der Waals surface area contributed by atoms with E-state index in [1.807, 2.05) is 6.92 Å². The van der Waals surface area contributed by atoms with Crippen molar-refractivity contribution in [2.75, 3.05) is 11.4 Å². The first kappa shape index (κ1) is 12.6. The van der Waals surface area contributed by atoms with Crippen molar-refractivity contribution >= 4 is 17.4 Å². The summed E-state index contributed by atoms with van der Waals surface area (Å²) in [6, 6.07) is 0. The zero-order valence-corrected chi connectivity index (χ0v) is 11.8. The normalized spacial score (nSPS) is 18.8. The fourth-order valence-corrected chi connectivity index (χ4v) is 2.62. The maximum Gasteiger partial charge on any atom is 0.137 e. The largest absolute Gasteiger partial charge is 0.351 e. The minimum Gasteiger partial charge on any atom is -0.351 e. The molecule has 0 N–H and O–H groups in total. The van der Waals surface area contributed by atoms with Crippen molar-refractivity contribution in [3.63, 3.8) is 0 Å². The van der Waals surface area contributed by atoms with E-state index in [-0.39, 0.29) is 5.54 Å². The number of halogens is 1. The topological polar surface area (TPSA) is 29.0 Å². The Labute approximate surface area is 108 Å². The number of rotatable bonds is 2. The second-order valence-electron chi connectivity index (χ2n) is 5.30. The third-order valence-electron chi connectivity index (χ3n) is 3.58. The van der Waals surface area contributed by atoms with Crippen LogP contribution >= 0.6 is 11.6 Å². The van der Waals surface area contributed by atoms with Gasteiger partial charge in [-0.15, -0.1) is 0 Å². The Balaban J connectivity index is 2.47. The van der Waals surface area contributed by atoms with Crippen molar-refractivity contribution in [3.05, 3.63) is 16.5 Å². The molecule has 3 nitrogen and oxygen atoms in total. The molecule has 0 aromatic carbocycles. The van der Waals surface area contributed by atoms with Gasteiger partial charge in [0.25, 0.3) is 0 Å². The molecule has 0 aliphatic carbocycles. The summed E-state index contributed by atoms with van der Waals surface area (Å²) in [7, 11) is 0. The number of hydrogen-bond donors (Lipinski definition) is 0. The lowest BCUT2D eigenvalue weighted by atomic mass is 10.0. The molecule has 1 aromatic heterocycles. The van der Waals surface area contributed by atoms with E-state index in [2.05, 4.69) is 35.6 Å². The Bertz CT molecular complexity index is 429. The van der Waals surface area contributed by atoms with Crippen molar-refractivity contribution in [3.8, 4) is 0 Å². The lowest BCUT2D eigenvalue weighted by molar-refractivity contribution is 0.512. The summed E-state index contributed by atoms with van der Waals surface area (Å²) in [5.74, 6) is 1.85. The SMILES string of the molecule is CCc1nc(Cl)c(C)c(N2CCCC2(C)C)n1. The number of nitrogens with zero attached hydrogens (tertiary/aromatic N) is 3. The lowest BCUT2D eigenvalue weighted by Crippen LogP contribution is -2.39. The zero-order valence-electron chi connectivity index (χ0n) is 11.0. The molecule has 0 saturated carbocycles. The van der Waals surface area contributed by atoms with Crippen molar-refractivity contribution < 1.29 is 0 Å². The van der Waals surface area contributed by atoms with Crippen LogP contribution in [-0.2, 0) is 6.42 Å². The van der Waals surface area contributed by atoms with Gasteiger partial charge < -0.3 is 4.90 Å². The minimum absolute atomic E-state index is 0.174. The van der Waals surface area contributed by atoms with Crippen LogP contribution in [0, 0.1) is 6.92 Å². The van der Waals surface area contributed by atoms with Gasteiger partial charge in [0, 0.05) is 24.1 Å². The van der Waals surface area contributed by atoms with Crippen molar-refractivity contribution in [1.29, 1.82) is 0 Å². The predicted octanol–water partition coefficient (Wildman–Crippen LogP) is 3.38. The average molecular weight is 254 g/mol. The fraction of sp³-hybridized carbons (Fsp3) is 0.692. The first-order chi connectivity index (χ1) is 7.95. The van der Waals surface area contributed by atoms with Crippen LogP contribution in [-0.4, -0.2) is 22.1 Å². The second-order valence-corrected chi connectivity index (χ2v) is 5.66. The summed E-state index contributed by atoms with van der Waals surface area (Å²) in [5.41, 5.74) is 1.17. The summed E-state index contributed by atoms with van der Waals surface area (Å²) in [6.45, 7) is 9.65. The maximum atomic E-state index is 6.19. The quantitative estimate of drug-likeness (QED) is 0.757. The fourth-order valence-electron chi connectivity index (χ4n) is 2.44. The molecule has 1 aliphatic rings. The lowest BCUT2D eigenvalue weighted by Gasteiger charge is -2.34. The van der Waals surface area contributed by atoms with Gasteiger partial charge in [0.05, 0.1) is 0 Å². The van der Waals surface area contributed by atoms with Crippen molar-refractivity contribution in [2.24, 2.45) is 0 Å². The summed E-state index contributed by atoms with van der Waals surface area (Å²) >= 11 is 6.19. The highest BCUT2D eigenvalue weighted by atomic mass is 35.5. The molecule has 2 rings (SSSR count). The van der Waals surface area contributed by atoms with Crippen molar-refractivity contribution in [2.45, 2.75) is 52.5 Å². The Kier molecular flexibility index (Phi) is 3.30. The molecule has 17 heavy (non-hydrogen) atoms. The van der Waals surface area contributed by atoms with Crippen LogP contribution in [0.15, 0.2) is 0 Å². The zero-order chi connectivity index (χ0) is 12.6. The van der Waals surface area contributed by atoms with E-state index in [0.717, 1.165) is 30.2 Å². The number of aromatic nitrogens is 2. The van der Waals surface area contributed by atoms with E-state index >= 15 is 0 Å². The molecule has 0 radical (unpaired) electrons. The van der Waals surface area contributed by atoms with Gasteiger partial charge in [-0.1, -0.05) is 18.5 Å². The Hall–Kier alpha value is -0.830. The smallest absolute Gasteiger partial charge is 0.137 e. The van der Waals surface area contributed by atoms with Gasteiger partial charge in [-0.25, -0.2) is 9.97 Å². The van der Waals surface area contributed by atoms with Crippen LogP contribution in [0.5, 0.6) is 0 Å². The minimum atomic E-state index is 0.174. The van der Waals surface area contributed by atoms with Crippen LogP contribution in [0.1, 0.15) is 45.0 Å². The van der Waals surface area contributed by atoms with Crippen LogP contribution in [0.25, 0.3) is 0 Å². The van der Waals surface area contributed by atoms with Crippen molar-refractivity contribution in [1.82, 2.24) is 9.97 Å². The van der Waals surface area contributed by atoms with E-state index in [1.54, 1.807) is 0 Å². The molecule has 1 aromatic rings. The Morgan fingerprint density at radius 1 is 1.35 bits per heavy atom. The third kappa shape index (κ3) is 2.25. The molecule has 0 amide bonds. The highest BCUT2D eigenvalue weighted by Gasteiger charge is 2.34. The van der Waals surface area contributed by atoms with E-state index in [9.17, 15) is 0 Å². The van der Waals surface area contributed by atoms with Gasteiger partial charge in [0.1, 0.15) is 16.8 Å². The highest BCUT2D eigenvalue weighted by Crippen LogP contribution is 2.35. The van der Waals surface area contributed by atoms with Gasteiger partial charge >= 0.3 is 0 Å². The molecule has 0 atom stereocenters. The highest BCUT2D eigenvalue weighted by molar-refractivity contribution is 6.30. The van der Waals surface area contributed by atoms with E-state index in [4.69, 9.17) is 11.6 Å². The van der Waals surface area contributed by atoms with Gasteiger partial charge in [0.15, 0.2) is 0 Å². The number of aryl methyl sites for hydroxylation is 1. The van der Waals surface area contributed by atoms with Gasteiger partial charge in [-0.3, -0.25) is 0 Å². The molecular weight excluding hydrogens is 234 g/mol. The van der Waals surface area contributed by atoms with E-state index < -0.39 is 0 Å². The summed E-state index contributed by atoms with van der Waals surface area (Å²) in [4.78, 5) is 11.3. The standard InChI is InChI=1S/C13H20ClN3/c1-5-10-15-11(14)9(2)12(16-10)17-8-6-7-13(17,3)4/h5-8H2,1-4H3. The molecule has 1 saturated heterocycles. The van der Waals surface area contributed by atoms with E-state index in [0.29, 0.717) is 5.15 Å². The van der Waals surface area contributed by atoms with Crippen LogP contribution in [0.4, 0.5) is 5.82 Å². The van der Waals surface area contributed by atoms with Gasteiger partial charge in [-0.2, -0.15) is 0 Å². The maximum absolute atomic E-state index is 6.19. The first-order valence-corrected chi connectivity index (χ1v) is 6.64. The van der Waals surface area contributed by atoms with Gasteiger partial charge in [0.2, 0.25) is 0 Å². The molecule has 4 heteroatoms. The van der Waals surface area contributed by atoms with Crippen LogP contribution < -0.4 is 4.90 Å². The van der Waals surface area contributed by atoms with Gasteiger partial charge in [-0.05, 0) is 33.6 Å². The summed E-state index contributed by atoms with van der Waals surface area (Å²) in [6.07, 6.45) is 3.24. The monoisotopic (exact) mass is 253 g/mol. The molecular formula is C13H20ClN3. The van der Waals surface area contributed by atoms with Crippen LogP contribution in [0.2, 0.25) is 5.15 Å². The summed E-state index contributed by atoms with van der Waals surface area (Å²) in [5, 5.41) is 0.592. The average Bonchev–Trinajstić information content (AvgIpc) is 2.62. The molecule has 1 aliphatic heterocycles. The number of hydrogen-bond acceptors (Lipinski definition) is 3. The number of anilines is 1.